The van der Waals surface area contributed by atoms with Gasteiger partial charge in [-0.3, -0.25) is 0 Å². The van der Waals surface area contributed by atoms with Gasteiger partial charge >= 0.3 is 0 Å². The molecule has 0 aliphatic heterocycles. The fourth-order valence-electron chi connectivity index (χ4n) is 2.23. The lowest BCUT2D eigenvalue weighted by Crippen LogP contribution is -2.13. The van der Waals surface area contributed by atoms with Crippen LogP contribution in [0.3, 0.4) is 0 Å². The van der Waals surface area contributed by atoms with E-state index in [1.807, 2.05) is 0 Å². The average molecular weight is 288 g/mol. The van der Waals surface area contributed by atoms with E-state index in [1.54, 1.807) is 0 Å². The maximum Gasteiger partial charge on any atom is 0.0487 e. The third kappa shape index (κ3) is 3.84. The summed E-state index contributed by atoms with van der Waals surface area (Å²) in [7, 11) is 0. The summed E-state index contributed by atoms with van der Waals surface area (Å²) in [6.07, 6.45) is 2.21. The molecule has 0 aliphatic carbocycles. The van der Waals surface area contributed by atoms with Gasteiger partial charge in [-0.25, -0.2) is 0 Å². The number of rotatable bonds is 6. The molecule has 0 spiro atoms. The minimum absolute atomic E-state index is 0.824. The first-order valence-electron chi connectivity index (χ1n) is 7.33. The van der Waals surface area contributed by atoms with E-state index < -0.39 is 0 Å². The number of hydrogen-bond acceptors (Lipinski definition) is 1. The lowest BCUT2D eigenvalue weighted by molar-refractivity contribution is 0.675. The number of nitrogens with one attached hydrogen (secondary N) is 1. The monoisotopic (exact) mass is 287 g/mol. The molecule has 1 N–H and O–H groups in total. The SMILES string of the molecule is CCCNCc1ccc(-c2ccc(CC)cc2)c(Cl)c1. The van der Waals surface area contributed by atoms with E-state index in [-0.39, 0.29) is 0 Å². The van der Waals surface area contributed by atoms with E-state index in [0.29, 0.717) is 0 Å². The lowest BCUT2D eigenvalue weighted by Gasteiger charge is -2.09. The van der Waals surface area contributed by atoms with Crippen molar-refractivity contribution in [1.29, 1.82) is 0 Å². The summed E-state index contributed by atoms with van der Waals surface area (Å²) >= 11 is 6.42. The maximum absolute atomic E-state index is 6.42. The highest BCUT2D eigenvalue weighted by molar-refractivity contribution is 6.33. The predicted molar refractivity (Wildman–Crippen MR) is 88.3 cm³/mol. The second-order valence-corrected chi connectivity index (χ2v) is 5.45. The Balaban J connectivity index is 2.15. The molecule has 0 fully saturated rings. The van der Waals surface area contributed by atoms with E-state index in [2.05, 4.69) is 61.6 Å². The van der Waals surface area contributed by atoms with Crippen molar-refractivity contribution in [3.8, 4) is 11.1 Å². The molecule has 0 heterocycles. The summed E-state index contributed by atoms with van der Waals surface area (Å²) in [5.74, 6) is 0. The topological polar surface area (TPSA) is 12.0 Å². The molecule has 0 saturated heterocycles. The Labute approximate surface area is 127 Å². The summed E-state index contributed by atoms with van der Waals surface area (Å²) in [6.45, 7) is 6.25. The summed E-state index contributed by atoms with van der Waals surface area (Å²) in [4.78, 5) is 0. The van der Waals surface area contributed by atoms with Crippen molar-refractivity contribution < 1.29 is 0 Å². The third-order valence-electron chi connectivity index (χ3n) is 3.46. The van der Waals surface area contributed by atoms with Crippen LogP contribution in [0.1, 0.15) is 31.4 Å². The molecule has 1 nitrogen and oxygen atoms in total. The van der Waals surface area contributed by atoms with Gasteiger partial charge in [0.2, 0.25) is 0 Å². The molecule has 20 heavy (non-hydrogen) atoms. The number of hydrogen-bond donors (Lipinski definition) is 1. The van der Waals surface area contributed by atoms with Crippen molar-refractivity contribution >= 4 is 11.6 Å². The molecule has 0 radical (unpaired) electrons. The van der Waals surface area contributed by atoms with Crippen LogP contribution < -0.4 is 5.32 Å². The Bertz CT molecular complexity index is 546. The molecule has 0 aromatic heterocycles. The highest BCUT2D eigenvalue weighted by atomic mass is 35.5. The highest BCUT2D eigenvalue weighted by Gasteiger charge is 2.04. The highest BCUT2D eigenvalue weighted by Crippen LogP contribution is 2.29. The molecule has 0 bridgehead atoms. The molecule has 106 valence electrons. The second kappa shape index (κ2) is 7.47. The molecular formula is C18H22ClN. The van der Waals surface area contributed by atoms with E-state index in [0.717, 1.165) is 36.5 Å². The quantitative estimate of drug-likeness (QED) is 0.732. The van der Waals surface area contributed by atoms with Crippen LogP contribution in [0.4, 0.5) is 0 Å². The first-order valence-corrected chi connectivity index (χ1v) is 7.70. The number of benzene rings is 2. The van der Waals surface area contributed by atoms with Crippen LogP contribution in [0, 0.1) is 0 Å². The molecule has 0 unspecified atom stereocenters. The van der Waals surface area contributed by atoms with Crippen LogP contribution in [0.25, 0.3) is 11.1 Å². The van der Waals surface area contributed by atoms with Gasteiger partial charge in [0, 0.05) is 17.1 Å². The van der Waals surface area contributed by atoms with Gasteiger partial charge in [-0.15, -0.1) is 0 Å². The minimum atomic E-state index is 0.824. The zero-order valence-corrected chi connectivity index (χ0v) is 13.0. The van der Waals surface area contributed by atoms with Gasteiger partial charge in [-0.05, 0) is 42.1 Å². The van der Waals surface area contributed by atoms with Crippen molar-refractivity contribution in [3.05, 3.63) is 58.6 Å². The van der Waals surface area contributed by atoms with Crippen LogP contribution in [-0.2, 0) is 13.0 Å². The molecular weight excluding hydrogens is 266 g/mol. The molecule has 2 heteroatoms. The van der Waals surface area contributed by atoms with Gasteiger partial charge in [0.05, 0.1) is 0 Å². The van der Waals surface area contributed by atoms with Crippen molar-refractivity contribution in [2.45, 2.75) is 33.2 Å². The van der Waals surface area contributed by atoms with Gasteiger partial charge < -0.3 is 5.32 Å². The fourth-order valence-corrected chi connectivity index (χ4v) is 2.54. The summed E-state index contributed by atoms with van der Waals surface area (Å²) in [5, 5.41) is 4.22. The Morgan fingerprint density at radius 2 is 1.65 bits per heavy atom. The lowest BCUT2D eigenvalue weighted by atomic mass is 10.0. The van der Waals surface area contributed by atoms with Gasteiger partial charge in [-0.1, -0.05) is 61.8 Å². The summed E-state index contributed by atoms with van der Waals surface area (Å²) < 4.78 is 0. The van der Waals surface area contributed by atoms with Crippen LogP contribution in [0.5, 0.6) is 0 Å². The van der Waals surface area contributed by atoms with Crippen LogP contribution in [0.15, 0.2) is 42.5 Å². The Hall–Kier alpha value is -1.31. The first-order chi connectivity index (χ1) is 9.74. The van der Waals surface area contributed by atoms with E-state index in [1.165, 1.54) is 16.7 Å². The van der Waals surface area contributed by atoms with Crippen molar-refractivity contribution in [3.63, 3.8) is 0 Å². The Morgan fingerprint density at radius 1 is 0.950 bits per heavy atom. The van der Waals surface area contributed by atoms with E-state index in [4.69, 9.17) is 11.6 Å². The molecule has 0 amide bonds. The van der Waals surface area contributed by atoms with Gasteiger partial charge in [0.15, 0.2) is 0 Å². The zero-order valence-electron chi connectivity index (χ0n) is 12.2. The standard InChI is InChI=1S/C18H22ClN/c1-3-11-20-13-15-7-10-17(18(19)12-15)16-8-5-14(4-2)6-9-16/h5-10,12,20H,3-4,11,13H2,1-2H3. The summed E-state index contributed by atoms with van der Waals surface area (Å²) in [6, 6.07) is 15.0. The molecule has 2 rings (SSSR count). The zero-order chi connectivity index (χ0) is 14.4. The molecule has 2 aromatic rings. The molecule has 0 atom stereocenters. The molecule has 2 aromatic carbocycles. The Kier molecular flexibility index (Phi) is 5.63. The largest absolute Gasteiger partial charge is 0.313 e. The number of halogens is 1. The van der Waals surface area contributed by atoms with Gasteiger partial charge in [-0.2, -0.15) is 0 Å². The van der Waals surface area contributed by atoms with Gasteiger partial charge in [0.25, 0.3) is 0 Å². The van der Waals surface area contributed by atoms with E-state index in [9.17, 15) is 0 Å². The normalized spacial score (nSPS) is 10.8. The maximum atomic E-state index is 6.42. The number of aryl methyl sites for hydroxylation is 1. The van der Waals surface area contributed by atoms with Crippen LogP contribution >= 0.6 is 11.6 Å². The second-order valence-electron chi connectivity index (χ2n) is 5.04. The third-order valence-corrected chi connectivity index (χ3v) is 3.78. The smallest absolute Gasteiger partial charge is 0.0487 e. The minimum Gasteiger partial charge on any atom is -0.313 e. The predicted octanol–water partition coefficient (Wildman–Crippen LogP) is 5.07. The van der Waals surface area contributed by atoms with Crippen molar-refractivity contribution in [2.24, 2.45) is 0 Å². The molecule has 0 aliphatic rings. The van der Waals surface area contributed by atoms with Crippen LogP contribution in [-0.4, -0.2) is 6.54 Å². The first kappa shape index (κ1) is 15.1. The average Bonchev–Trinajstić information content (AvgIpc) is 2.48. The fraction of sp³-hybridized carbons (Fsp3) is 0.333. The van der Waals surface area contributed by atoms with Gasteiger partial charge in [0.1, 0.15) is 0 Å². The van der Waals surface area contributed by atoms with Crippen molar-refractivity contribution in [2.75, 3.05) is 6.54 Å². The Morgan fingerprint density at radius 3 is 2.25 bits per heavy atom. The summed E-state index contributed by atoms with van der Waals surface area (Å²) in [5.41, 5.74) is 4.87. The van der Waals surface area contributed by atoms with Crippen LogP contribution in [0.2, 0.25) is 5.02 Å². The van der Waals surface area contributed by atoms with Crippen molar-refractivity contribution in [1.82, 2.24) is 5.32 Å². The molecule has 0 saturated carbocycles. The van der Waals surface area contributed by atoms with E-state index >= 15 is 0 Å².